The van der Waals surface area contributed by atoms with E-state index in [-0.39, 0.29) is 11.5 Å². The first-order chi connectivity index (χ1) is 13.4. The maximum atomic E-state index is 13.2. The van der Waals surface area contributed by atoms with Crippen molar-refractivity contribution < 1.29 is 4.79 Å². The highest BCUT2D eigenvalue weighted by atomic mass is 35.5. The van der Waals surface area contributed by atoms with Crippen molar-refractivity contribution in [2.24, 2.45) is 0 Å². The minimum Gasteiger partial charge on any atom is -0.355 e. The number of thioether (sulfide) groups is 1. The third-order valence-electron chi connectivity index (χ3n) is 4.29. The van der Waals surface area contributed by atoms with Gasteiger partial charge in [-0.05, 0) is 50.6 Å². The summed E-state index contributed by atoms with van der Waals surface area (Å²) in [6, 6.07) is 12.7. The fourth-order valence-electron chi connectivity index (χ4n) is 2.74. The number of fused-ring (bicyclic) bond motifs is 1. The van der Waals surface area contributed by atoms with E-state index in [0.717, 1.165) is 12.0 Å². The van der Waals surface area contributed by atoms with E-state index in [9.17, 15) is 9.59 Å². The molecule has 1 aromatic heterocycles. The van der Waals surface area contributed by atoms with Crippen molar-refractivity contribution in [3.63, 3.8) is 0 Å². The summed E-state index contributed by atoms with van der Waals surface area (Å²) in [5, 5.41) is 3.94. The third-order valence-corrected chi connectivity index (χ3v) is 5.58. The molecule has 3 aromatic rings. The third kappa shape index (κ3) is 4.39. The lowest BCUT2D eigenvalue weighted by Crippen LogP contribution is -2.32. The highest BCUT2D eigenvalue weighted by molar-refractivity contribution is 8.00. The standard InChI is InChI=1S/C21H22ClN3O2S/c1-4-11-23-19(26)14(3)28-21-24-18-12-15(22)7-10-17(18)20(27)25(21)16-8-5-13(2)6-9-16/h5-10,12,14H,4,11H2,1-3H3,(H,23,26)/t14-/m0/s1. The van der Waals surface area contributed by atoms with Gasteiger partial charge in [0.1, 0.15) is 0 Å². The Hall–Kier alpha value is -2.31. The van der Waals surface area contributed by atoms with Gasteiger partial charge in [0.25, 0.3) is 5.56 Å². The Morgan fingerprint density at radius 2 is 1.96 bits per heavy atom. The van der Waals surface area contributed by atoms with Crippen LogP contribution in [0.1, 0.15) is 25.8 Å². The molecule has 5 nitrogen and oxygen atoms in total. The summed E-state index contributed by atoms with van der Waals surface area (Å²) < 4.78 is 1.56. The number of aryl methyl sites for hydroxylation is 1. The normalized spacial score (nSPS) is 12.1. The molecule has 146 valence electrons. The van der Waals surface area contributed by atoms with Crippen LogP contribution in [0, 0.1) is 6.92 Å². The molecule has 2 aromatic carbocycles. The van der Waals surface area contributed by atoms with E-state index in [2.05, 4.69) is 10.3 Å². The average Bonchev–Trinajstić information content (AvgIpc) is 2.67. The van der Waals surface area contributed by atoms with Crippen molar-refractivity contribution in [3.8, 4) is 5.69 Å². The van der Waals surface area contributed by atoms with Gasteiger partial charge < -0.3 is 5.32 Å². The molecule has 7 heteroatoms. The quantitative estimate of drug-likeness (QED) is 0.480. The molecule has 1 atom stereocenters. The maximum absolute atomic E-state index is 13.2. The molecular weight excluding hydrogens is 394 g/mol. The van der Waals surface area contributed by atoms with E-state index >= 15 is 0 Å². The first kappa shape index (κ1) is 20.4. The first-order valence-corrected chi connectivity index (χ1v) is 10.4. The van der Waals surface area contributed by atoms with Crippen LogP contribution >= 0.6 is 23.4 Å². The van der Waals surface area contributed by atoms with Gasteiger partial charge in [0.2, 0.25) is 5.91 Å². The van der Waals surface area contributed by atoms with Crippen molar-refractivity contribution >= 4 is 40.2 Å². The number of rotatable bonds is 6. The Morgan fingerprint density at radius 3 is 2.64 bits per heavy atom. The van der Waals surface area contributed by atoms with Crippen LogP contribution in [-0.2, 0) is 4.79 Å². The Labute approximate surface area is 173 Å². The van der Waals surface area contributed by atoms with Gasteiger partial charge in [-0.25, -0.2) is 4.98 Å². The number of nitrogens with zero attached hydrogens (tertiary/aromatic N) is 2. The van der Waals surface area contributed by atoms with Gasteiger partial charge in [0.05, 0.1) is 21.8 Å². The van der Waals surface area contributed by atoms with E-state index in [1.54, 1.807) is 22.8 Å². The van der Waals surface area contributed by atoms with E-state index < -0.39 is 5.25 Å². The molecule has 0 saturated carbocycles. The summed E-state index contributed by atoms with van der Waals surface area (Å²) in [7, 11) is 0. The average molecular weight is 416 g/mol. The highest BCUT2D eigenvalue weighted by Gasteiger charge is 2.20. The summed E-state index contributed by atoms with van der Waals surface area (Å²) in [6.07, 6.45) is 0.865. The van der Waals surface area contributed by atoms with Crippen LogP contribution in [0.25, 0.3) is 16.6 Å². The fraction of sp³-hybridized carbons (Fsp3) is 0.286. The number of hydrogen-bond donors (Lipinski definition) is 1. The number of halogens is 1. The van der Waals surface area contributed by atoms with E-state index in [1.165, 1.54) is 11.8 Å². The molecule has 1 heterocycles. The van der Waals surface area contributed by atoms with Gasteiger partial charge in [0, 0.05) is 11.6 Å². The van der Waals surface area contributed by atoms with Crippen LogP contribution in [0.5, 0.6) is 0 Å². The molecule has 0 aliphatic heterocycles. The summed E-state index contributed by atoms with van der Waals surface area (Å²) in [6.45, 7) is 6.42. The number of carbonyl (C=O) groups is 1. The highest BCUT2D eigenvalue weighted by Crippen LogP contribution is 2.26. The van der Waals surface area contributed by atoms with Crippen LogP contribution in [0.15, 0.2) is 52.4 Å². The Morgan fingerprint density at radius 1 is 1.25 bits per heavy atom. The molecule has 0 spiro atoms. The SMILES string of the molecule is CCCNC(=O)[C@H](C)Sc1nc2cc(Cl)ccc2c(=O)n1-c1ccc(C)cc1. The largest absolute Gasteiger partial charge is 0.355 e. The number of carbonyl (C=O) groups excluding carboxylic acids is 1. The predicted molar refractivity (Wildman–Crippen MR) is 116 cm³/mol. The number of hydrogen-bond acceptors (Lipinski definition) is 4. The van der Waals surface area contributed by atoms with Gasteiger partial charge in [-0.2, -0.15) is 0 Å². The van der Waals surface area contributed by atoms with Gasteiger partial charge in [-0.1, -0.05) is 48.0 Å². The predicted octanol–water partition coefficient (Wildman–Crippen LogP) is 4.35. The number of amides is 1. The molecular formula is C21H22ClN3O2S. The Bertz CT molecular complexity index is 1060. The number of benzene rings is 2. The van der Waals surface area contributed by atoms with Crippen molar-refractivity contribution in [3.05, 3.63) is 63.4 Å². The lowest BCUT2D eigenvalue weighted by molar-refractivity contribution is -0.120. The molecule has 1 amide bonds. The smallest absolute Gasteiger partial charge is 0.266 e. The molecule has 3 rings (SSSR count). The van der Waals surface area contributed by atoms with E-state index in [4.69, 9.17) is 11.6 Å². The van der Waals surface area contributed by atoms with Gasteiger partial charge in [-0.3, -0.25) is 14.2 Å². The summed E-state index contributed by atoms with van der Waals surface area (Å²) in [5.74, 6) is -0.0808. The maximum Gasteiger partial charge on any atom is 0.266 e. The second-order valence-electron chi connectivity index (χ2n) is 6.58. The second kappa shape index (κ2) is 8.80. The summed E-state index contributed by atoms with van der Waals surface area (Å²) in [4.78, 5) is 30.2. The minimum absolute atomic E-state index is 0.0808. The molecule has 0 radical (unpaired) electrons. The Kier molecular flexibility index (Phi) is 6.42. The van der Waals surface area contributed by atoms with Crippen LogP contribution in [-0.4, -0.2) is 27.3 Å². The van der Waals surface area contributed by atoms with Gasteiger partial charge in [0.15, 0.2) is 5.16 Å². The van der Waals surface area contributed by atoms with Crippen LogP contribution in [0.3, 0.4) is 0 Å². The second-order valence-corrected chi connectivity index (χ2v) is 8.33. The molecule has 0 unspecified atom stereocenters. The summed E-state index contributed by atoms with van der Waals surface area (Å²) >= 11 is 7.35. The van der Waals surface area contributed by atoms with Gasteiger partial charge >= 0.3 is 0 Å². The van der Waals surface area contributed by atoms with Crippen molar-refractivity contribution in [1.29, 1.82) is 0 Å². The van der Waals surface area contributed by atoms with Crippen molar-refractivity contribution in [2.75, 3.05) is 6.54 Å². The molecule has 0 fully saturated rings. The van der Waals surface area contributed by atoms with Crippen LogP contribution in [0.4, 0.5) is 0 Å². The lowest BCUT2D eigenvalue weighted by atomic mass is 10.2. The molecule has 0 aliphatic rings. The van der Waals surface area contributed by atoms with Crippen LogP contribution in [0.2, 0.25) is 5.02 Å². The topological polar surface area (TPSA) is 64.0 Å². The Balaban J connectivity index is 2.13. The fourth-order valence-corrected chi connectivity index (χ4v) is 3.86. The monoisotopic (exact) mass is 415 g/mol. The molecule has 0 aliphatic carbocycles. The minimum atomic E-state index is -0.396. The first-order valence-electron chi connectivity index (χ1n) is 9.14. The zero-order chi connectivity index (χ0) is 20.3. The summed E-state index contributed by atoms with van der Waals surface area (Å²) in [5.41, 5.74) is 2.14. The molecule has 0 saturated heterocycles. The number of aromatic nitrogens is 2. The molecule has 28 heavy (non-hydrogen) atoms. The van der Waals surface area contributed by atoms with Crippen molar-refractivity contribution in [2.45, 2.75) is 37.6 Å². The van der Waals surface area contributed by atoms with Crippen LogP contribution < -0.4 is 10.9 Å². The van der Waals surface area contributed by atoms with Crippen molar-refractivity contribution in [1.82, 2.24) is 14.9 Å². The van der Waals surface area contributed by atoms with E-state index in [1.807, 2.05) is 45.0 Å². The molecule has 0 bridgehead atoms. The van der Waals surface area contributed by atoms with E-state index in [0.29, 0.717) is 33.3 Å². The van der Waals surface area contributed by atoms with Gasteiger partial charge in [-0.15, -0.1) is 0 Å². The lowest BCUT2D eigenvalue weighted by Gasteiger charge is -2.16. The number of nitrogens with one attached hydrogen (secondary N) is 1. The molecule has 1 N–H and O–H groups in total. The zero-order valence-electron chi connectivity index (χ0n) is 16.0. The zero-order valence-corrected chi connectivity index (χ0v) is 17.6.